The Balaban J connectivity index is 1.86. The molecule has 10 heteroatoms. The molecule has 0 bridgehead atoms. The van der Waals surface area contributed by atoms with Gasteiger partial charge in [0.25, 0.3) is 11.5 Å². The van der Waals surface area contributed by atoms with Crippen LogP contribution in [-0.2, 0) is 6.18 Å². The van der Waals surface area contributed by atoms with Gasteiger partial charge in [-0.1, -0.05) is 19.9 Å². The third-order valence-electron chi connectivity index (χ3n) is 3.73. The summed E-state index contributed by atoms with van der Waals surface area (Å²) in [6.07, 6.45) is -4.67. The highest BCUT2D eigenvalue weighted by Crippen LogP contribution is 2.27. The maximum Gasteiger partial charge on any atom is 0.432 e. The molecule has 0 aliphatic rings. The SMILES string of the molecule is CC(C)c1csc(NC(=O)c2cccc(-n3[nH]c(C(F)(F)F)cc3=O)c2)n1. The molecule has 1 amide bonds. The van der Waals surface area contributed by atoms with E-state index in [1.54, 1.807) is 0 Å². The Morgan fingerprint density at radius 3 is 2.63 bits per heavy atom. The number of rotatable bonds is 4. The van der Waals surface area contributed by atoms with E-state index >= 15 is 0 Å². The van der Waals surface area contributed by atoms with Crippen LogP contribution in [0.4, 0.5) is 18.3 Å². The number of alkyl halides is 3. The van der Waals surface area contributed by atoms with E-state index in [1.165, 1.54) is 35.6 Å². The Bertz CT molecular complexity index is 1030. The van der Waals surface area contributed by atoms with Gasteiger partial charge in [0.2, 0.25) is 0 Å². The number of hydrogen-bond acceptors (Lipinski definition) is 4. The zero-order valence-electron chi connectivity index (χ0n) is 14.3. The van der Waals surface area contributed by atoms with Crippen molar-refractivity contribution < 1.29 is 18.0 Å². The molecule has 2 N–H and O–H groups in total. The van der Waals surface area contributed by atoms with Crippen molar-refractivity contribution in [3.05, 3.63) is 63.0 Å². The number of hydrogen-bond donors (Lipinski definition) is 2. The summed E-state index contributed by atoms with van der Waals surface area (Å²) in [4.78, 5) is 28.6. The first-order chi connectivity index (χ1) is 12.6. The maximum atomic E-state index is 12.8. The third-order valence-corrected chi connectivity index (χ3v) is 4.50. The number of aromatic nitrogens is 3. The van der Waals surface area contributed by atoms with Crippen LogP contribution in [0.15, 0.2) is 40.5 Å². The van der Waals surface area contributed by atoms with Gasteiger partial charge in [-0.15, -0.1) is 11.3 Å². The predicted octanol–water partition coefficient (Wildman–Crippen LogP) is 4.02. The van der Waals surface area contributed by atoms with Crippen molar-refractivity contribution >= 4 is 22.4 Å². The summed E-state index contributed by atoms with van der Waals surface area (Å²) in [7, 11) is 0. The fraction of sp³-hybridized carbons (Fsp3) is 0.235. The summed E-state index contributed by atoms with van der Waals surface area (Å²) in [5, 5.41) is 6.92. The molecule has 0 aliphatic carbocycles. The van der Waals surface area contributed by atoms with Gasteiger partial charge in [-0.2, -0.15) is 13.2 Å². The molecule has 1 aromatic carbocycles. The average molecular weight is 396 g/mol. The molecular weight excluding hydrogens is 381 g/mol. The molecule has 3 rings (SSSR count). The average Bonchev–Trinajstić information content (AvgIpc) is 3.21. The molecule has 6 nitrogen and oxygen atoms in total. The summed E-state index contributed by atoms with van der Waals surface area (Å²) < 4.78 is 39.0. The summed E-state index contributed by atoms with van der Waals surface area (Å²) in [6.45, 7) is 3.96. The highest BCUT2D eigenvalue weighted by atomic mass is 32.1. The maximum absolute atomic E-state index is 12.8. The number of thiazole rings is 1. The van der Waals surface area contributed by atoms with E-state index in [2.05, 4.69) is 10.3 Å². The van der Waals surface area contributed by atoms with E-state index in [1.807, 2.05) is 24.3 Å². The summed E-state index contributed by atoms with van der Waals surface area (Å²) in [6, 6.07) is 6.19. The molecule has 142 valence electrons. The number of aromatic amines is 1. The zero-order valence-corrected chi connectivity index (χ0v) is 15.1. The fourth-order valence-electron chi connectivity index (χ4n) is 2.30. The number of amides is 1. The van der Waals surface area contributed by atoms with Crippen LogP contribution >= 0.6 is 11.3 Å². The van der Waals surface area contributed by atoms with E-state index in [0.29, 0.717) is 11.2 Å². The van der Waals surface area contributed by atoms with Crippen LogP contribution in [0, 0.1) is 0 Å². The van der Waals surface area contributed by atoms with Gasteiger partial charge >= 0.3 is 6.18 Å². The van der Waals surface area contributed by atoms with Crippen molar-refractivity contribution in [1.82, 2.24) is 14.8 Å². The van der Waals surface area contributed by atoms with Crippen molar-refractivity contribution in [2.24, 2.45) is 0 Å². The van der Waals surface area contributed by atoms with Crippen LogP contribution in [0.25, 0.3) is 5.69 Å². The molecule has 0 saturated carbocycles. The third kappa shape index (κ3) is 4.11. The lowest BCUT2D eigenvalue weighted by Crippen LogP contribution is -2.16. The number of halogens is 3. The number of nitrogens with one attached hydrogen (secondary N) is 2. The molecule has 0 radical (unpaired) electrons. The largest absolute Gasteiger partial charge is 0.432 e. The number of benzene rings is 1. The van der Waals surface area contributed by atoms with E-state index in [0.717, 1.165) is 10.4 Å². The first kappa shape index (κ1) is 18.9. The van der Waals surface area contributed by atoms with Crippen LogP contribution in [0.1, 0.15) is 41.5 Å². The second-order valence-corrected chi connectivity index (χ2v) is 6.94. The van der Waals surface area contributed by atoms with Crippen molar-refractivity contribution in [2.75, 3.05) is 5.32 Å². The Morgan fingerprint density at radius 2 is 2.04 bits per heavy atom. The monoisotopic (exact) mass is 396 g/mol. The predicted molar refractivity (Wildman–Crippen MR) is 95.5 cm³/mol. The van der Waals surface area contributed by atoms with Crippen LogP contribution < -0.4 is 10.9 Å². The normalized spacial score (nSPS) is 11.8. The molecule has 0 aliphatic heterocycles. The van der Waals surface area contributed by atoms with Crippen LogP contribution in [-0.4, -0.2) is 20.7 Å². The van der Waals surface area contributed by atoms with Gasteiger partial charge in [-0.05, 0) is 24.1 Å². The molecule has 0 spiro atoms. The summed E-state index contributed by atoms with van der Waals surface area (Å²) in [5.41, 5.74) is -0.886. The molecule has 27 heavy (non-hydrogen) atoms. The van der Waals surface area contributed by atoms with Crippen LogP contribution in [0.3, 0.4) is 0 Å². The molecule has 2 aromatic heterocycles. The summed E-state index contributed by atoms with van der Waals surface area (Å²) in [5.74, 6) is -0.255. The minimum atomic E-state index is -4.67. The topological polar surface area (TPSA) is 79.8 Å². The standard InChI is InChI=1S/C17H15F3N4O2S/c1-9(2)12-8-27-16(21-12)22-15(26)10-4-3-5-11(6-10)24-14(25)7-13(23-24)17(18,19)20/h3-9,23H,1-2H3,(H,21,22,26). The molecule has 0 unspecified atom stereocenters. The zero-order chi connectivity index (χ0) is 19.8. The highest BCUT2D eigenvalue weighted by Gasteiger charge is 2.33. The fourth-order valence-corrected chi connectivity index (χ4v) is 3.16. The highest BCUT2D eigenvalue weighted by molar-refractivity contribution is 7.14. The van der Waals surface area contributed by atoms with Crippen molar-refractivity contribution in [3.8, 4) is 5.69 Å². The van der Waals surface area contributed by atoms with Gasteiger partial charge in [0, 0.05) is 17.0 Å². The Kier molecular flexibility index (Phi) is 4.92. The molecule has 0 saturated heterocycles. The molecule has 3 aromatic rings. The van der Waals surface area contributed by atoms with E-state index in [-0.39, 0.29) is 17.2 Å². The van der Waals surface area contributed by atoms with Gasteiger partial charge in [-0.25, -0.2) is 9.67 Å². The second-order valence-electron chi connectivity index (χ2n) is 6.08. The Morgan fingerprint density at radius 1 is 1.30 bits per heavy atom. The van der Waals surface area contributed by atoms with Gasteiger partial charge in [0.15, 0.2) is 5.13 Å². The lowest BCUT2D eigenvalue weighted by atomic mass is 10.2. The smallest absolute Gasteiger partial charge is 0.298 e. The lowest BCUT2D eigenvalue weighted by Gasteiger charge is -2.07. The van der Waals surface area contributed by atoms with E-state index < -0.39 is 23.3 Å². The van der Waals surface area contributed by atoms with Crippen LogP contribution in [0.2, 0.25) is 0 Å². The van der Waals surface area contributed by atoms with Gasteiger partial charge in [0.1, 0.15) is 5.69 Å². The number of anilines is 1. The first-order valence-electron chi connectivity index (χ1n) is 7.91. The first-order valence-corrected chi connectivity index (χ1v) is 8.79. The van der Waals surface area contributed by atoms with Gasteiger partial charge in [-0.3, -0.25) is 20.0 Å². The molecule has 0 atom stereocenters. The number of carbonyl (C=O) groups is 1. The van der Waals surface area contributed by atoms with Crippen molar-refractivity contribution in [2.45, 2.75) is 25.9 Å². The van der Waals surface area contributed by atoms with Crippen molar-refractivity contribution in [1.29, 1.82) is 0 Å². The van der Waals surface area contributed by atoms with E-state index in [4.69, 9.17) is 0 Å². The Labute approximate surface area is 155 Å². The van der Waals surface area contributed by atoms with Crippen molar-refractivity contribution in [3.63, 3.8) is 0 Å². The number of H-pyrrole nitrogens is 1. The molecular formula is C17H15F3N4O2S. The number of nitrogens with zero attached hydrogens (tertiary/aromatic N) is 2. The molecule has 0 fully saturated rings. The van der Waals surface area contributed by atoms with Gasteiger partial charge < -0.3 is 0 Å². The minimum absolute atomic E-state index is 0.116. The van der Waals surface area contributed by atoms with Crippen LogP contribution in [0.5, 0.6) is 0 Å². The van der Waals surface area contributed by atoms with E-state index in [9.17, 15) is 22.8 Å². The summed E-state index contributed by atoms with van der Waals surface area (Å²) >= 11 is 1.28. The Hall–Kier alpha value is -2.88. The minimum Gasteiger partial charge on any atom is -0.298 e. The second kappa shape index (κ2) is 7.03. The lowest BCUT2D eigenvalue weighted by molar-refractivity contribution is -0.141. The number of carbonyl (C=O) groups excluding carboxylic acids is 1. The quantitative estimate of drug-likeness (QED) is 0.699. The van der Waals surface area contributed by atoms with Gasteiger partial charge in [0.05, 0.1) is 11.4 Å². The molecule has 2 heterocycles.